The zero-order chi connectivity index (χ0) is 9.26. The molecule has 5 heteroatoms. The van der Waals surface area contributed by atoms with Crippen LogP contribution in [0.2, 0.25) is 0 Å². The molecule has 4 nitrogen and oxygen atoms in total. The summed E-state index contributed by atoms with van der Waals surface area (Å²) in [6, 6.07) is 0. The van der Waals surface area contributed by atoms with Crippen molar-refractivity contribution in [2.24, 2.45) is 5.92 Å². The summed E-state index contributed by atoms with van der Waals surface area (Å²) >= 11 is 1.17. The van der Waals surface area contributed by atoms with Gasteiger partial charge < -0.3 is 4.74 Å². The Hall–Kier alpha value is -1.23. The fourth-order valence-electron chi connectivity index (χ4n) is 0.879. The Labute approximate surface area is 78.5 Å². The number of hydrogen-bond acceptors (Lipinski definition) is 5. The second-order valence-corrected chi connectivity index (χ2v) is 3.73. The van der Waals surface area contributed by atoms with Gasteiger partial charge >= 0.3 is 5.97 Å². The number of thiazole rings is 1. The third-order valence-corrected chi connectivity index (χ3v) is 2.47. The number of nitrogens with zero attached hydrogens (tertiary/aromatic N) is 1. The van der Waals surface area contributed by atoms with Crippen LogP contribution in [-0.2, 0) is 4.79 Å². The molecule has 1 saturated carbocycles. The predicted octanol–water partition coefficient (Wildman–Crippen LogP) is 1.27. The maximum Gasteiger partial charge on any atom is 0.315 e. The number of ether oxygens (including phenoxy) is 1. The Morgan fingerprint density at radius 2 is 2.46 bits per heavy atom. The summed E-state index contributed by atoms with van der Waals surface area (Å²) in [5.74, 6) is 0.0631. The number of carbonyl (C=O) groups is 2. The highest BCUT2D eigenvalue weighted by atomic mass is 32.1. The van der Waals surface area contributed by atoms with Crippen LogP contribution in [-0.4, -0.2) is 17.2 Å². The van der Waals surface area contributed by atoms with Gasteiger partial charge in [0.1, 0.15) is 0 Å². The summed E-state index contributed by atoms with van der Waals surface area (Å²) < 4.78 is 4.92. The van der Waals surface area contributed by atoms with Gasteiger partial charge in [-0.2, -0.15) is 4.98 Å². The van der Waals surface area contributed by atoms with E-state index >= 15 is 0 Å². The Morgan fingerprint density at radius 1 is 1.69 bits per heavy atom. The fraction of sp³-hybridized carbons (Fsp3) is 0.375. The van der Waals surface area contributed by atoms with Crippen molar-refractivity contribution < 1.29 is 14.3 Å². The van der Waals surface area contributed by atoms with E-state index in [0.717, 1.165) is 12.8 Å². The van der Waals surface area contributed by atoms with Crippen LogP contribution >= 0.6 is 11.3 Å². The van der Waals surface area contributed by atoms with Crippen LogP contribution in [0.1, 0.15) is 22.6 Å². The van der Waals surface area contributed by atoms with E-state index in [1.807, 2.05) is 0 Å². The molecule has 1 fully saturated rings. The monoisotopic (exact) mass is 197 g/mol. The molecule has 1 aliphatic carbocycles. The van der Waals surface area contributed by atoms with Gasteiger partial charge in [0.2, 0.25) is 5.88 Å². The van der Waals surface area contributed by atoms with Gasteiger partial charge in [-0.1, -0.05) is 0 Å². The van der Waals surface area contributed by atoms with E-state index in [1.54, 1.807) is 5.38 Å². The fourth-order valence-corrected chi connectivity index (χ4v) is 1.40. The maximum atomic E-state index is 11.1. The molecule has 0 spiro atoms. The van der Waals surface area contributed by atoms with Crippen molar-refractivity contribution in [3.05, 3.63) is 10.4 Å². The van der Waals surface area contributed by atoms with Gasteiger partial charge in [0.15, 0.2) is 11.3 Å². The SMILES string of the molecule is O=Cc1nc(OC(=O)C2CC2)cs1. The highest BCUT2D eigenvalue weighted by molar-refractivity contribution is 7.11. The number of rotatable bonds is 3. The van der Waals surface area contributed by atoms with Crippen molar-refractivity contribution >= 4 is 23.6 Å². The molecule has 0 radical (unpaired) electrons. The molecule has 0 aliphatic heterocycles. The van der Waals surface area contributed by atoms with E-state index in [-0.39, 0.29) is 17.8 Å². The van der Waals surface area contributed by atoms with E-state index in [9.17, 15) is 9.59 Å². The highest BCUT2D eigenvalue weighted by Gasteiger charge is 2.32. The molecule has 0 aromatic carbocycles. The molecule has 1 aromatic rings. The summed E-state index contributed by atoms with van der Waals surface area (Å²) in [7, 11) is 0. The first-order chi connectivity index (χ1) is 6.29. The van der Waals surface area contributed by atoms with Gasteiger partial charge in [0.25, 0.3) is 0 Å². The standard InChI is InChI=1S/C8H7NO3S/c10-3-7-9-6(4-13-7)12-8(11)5-1-2-5/h3-5H,1-2H2. The zero-order valence-electron chi connectivity index (χ0n) is 6.73. The van der Waals surface area contributed by atoms with E-state index in [2.05, 4.69) is 4.98 Å². The van der Waals surface area contributed by atoms with Gasteiger partial charge in [0, 0.05) is 0 Å². The lowest BCUT2D eigenvalue weighted by Gasteiger charge is -1.96. The first-order valence-corrected chi connectivity index (χ1v) is 4.80. The van der Waals surface area contributed by atoms with Crippen molar-refractivity contribution in [3.63, 3.8) is 0 Å². The Bertz CT molecular complexity index is 343. The first-order valence-electron chi connectivity index (χ1n) is 3.92. The lowest BCUT2D eigenvalue weighted by Crippen LogP contribution is -2.09. The van der Waals surface area contributed by atoms with Crippen LogP contribution in [0.3, 0.4) is 0 Å². The van der Waals surface area contributed by atoms with Crippen molar-refractivity contribution in [1.82, 2.24) is 4.98 Å². The summed E-state index contributed by atoms with van der Waals surface area (Å²) in [6.45, 7) is 0. The topological polar surface area (TPSA) is 56.3 Å². The summed E-state index contributed by atoms with van der Waals surface area (Å²) in [6.07, 6.45) is 2.45. The molecule has 13 heavy (non-hydrogen) atoms. The Balaban J connectivity index is 2.00. The smallest absolute Gasteiger partial charge is 0.315 e. The van der Waals surface area contributed by atoms with Crippen LogP contribution in [0.5, 0.6) is 5.88 Å². The summed E-state index contributed by atoms with van der Waals surface area (Å²) in [5.41, 5.74) is 0. The molecule has 1 aliphatic rings. The lowest BCUT2D eigenvalue weighted by atomic mass is 10.4. The molecular weight excluding hydrogens is 190 g/mol. The quantitative estimate of drug-likeness (QED) is 0.541. The van der Waals surface area contributed by atoms with Crippen molar-refractivity contribution in [2.75, 3.05) is 0 Å². The third kappa shape index (κ3) is 1.92. The molecule has 0 bridgehead atoms. The average Bonchev–Trinajstić information content (AvgIpc) is 2.88. The molecule has 0 saturated heterocycles. The highest BCUT2D eigenvalue weighted by Crippen LogP contribution is 2.30. The van der Waals surface area contributed by atoms with Crippen LogP contribution in [0.15, 0.2) is 5.38 Å². The number of carbonyl (C=O) groups excluding carboxylic acids is 2. The maximum absolute atomic E-state index is 11.1. The van der Waals surface area contributed by atoms with Crippen molar-refractivity contribution in [1.29, 1.82) is 0 Å². The molecule has 0 unspecified atom stereocenters. The summed E-state index contributed by atoms with van der Waals surface area (Å²) in [5, 5.41) is 1.89. The average molecular weight is 197 g/mol. The van der Waals surface area contributed by atoms with E-state index in [0.29, 0.717) is 11.3 Å². The molecule has 0 atom stereocenters. The molecule has 68 valence electrons. The van der Waals surface area contributed by atoms with Crippen LogP contribution < -0.4 is 4.74 Å². The summed E-state index contributed by atoms with van der Waals surface area (Å²) in [4.78, 5) is 25.2. The molecule has 1 heterocycles. The van der Waals surface area contributed by atoms with E-state index < -0.39 is 0 Å². The van der Waals surface area contributed by atoms with E-state index in [1.165, 1.54) is 11.3 Å². The number of aldehydes is 1. The minimum absolute atomic E-state index is 0.0568. The second kappa shape index (κ2) is 3.26. The minimum Gasteiger partial charge on any atom is -0.406 e. The predicted molar refractivity (Wildman–Crippen MR) is 45.9 cm³/mol. The van der Waals surface area contributed by atoms with Crippen molar-refractivity contribution in [2.45, 2.75) is 12.8 Å². The lowest BCUT2D eigenvalue weighted by molar-refractivity contribution is -0.136. The van der Waals surface area contributed by atoms with Crippen LogP contribution in [0.25, 0.3) is 0 Å². The van der Waals surface area contributed by atoms with Gasteiger partial charge in [-0.15, -0.1) is 11.3 Å². The zero-order valence-corrected chi connectivity index (χ0v) is 7.54. The molecule has 0 amide bonds. The number of esters is 1. The van der Waals surface area contributed by atoms with Crippen LogP contribution in [0.4, 0.5) is 0 Å². The van der Waals surface area contributed by atoms with Crippen molar-refractivity contribution in [3.8, 4) is 5.88 Å². The normalized spacial score (nSPS) is 15.4. The van der Waals surface area contributed by atoms with Crippen LogP contribution in [0, 0.1) is 5.92 Å². The molecule has 1 aromatic heterocycles. The molecule has 0 N–H and O–H groups in total. The molecular formula is C8H7NO3S. The van der Waals surface area contributed by atoms with Gasteiger partial charge in [0.05, 0.1) is 11.3 Å². The largest absolute Gasteiger partial charge is 0.406 e. The first kappa shape index (κ1) is 8.37. The van der Waals surface area contributed by atoms with Gasteiger partial charge in [-0.3, -0.25) is 9.59 Å². The molecule has 2 rings (SSSR count). The second-order valence-electron chi connectivity index (χ2n) is 2.84. The van der Waals surface area contributed by atoms with Gasteiger partial charge in [-0.05, 0) is 12.8 Å². The van der Waals surface area contributed by atoms with E-state index in [4.69, 9.17) is 4.74 Å². The Kier molecular flexibility index (Phi) is 2.10. The third-order valence-electron chi connectivity index (χ3n) is 1.72. The number of aromatic nitrogens is 1. The minimum atomic E-state index is -0.234. The number of hydrogen-bond donors (Lipinski definition) is 0. The van der Waals surface area contributed by atoms with Gasteiger partial charge in [-0.25, -0.2) is 0 Å². The Morgan fingerprint density at radius 3 is 3.00 bits per heavy atom.